The number of anilines is 2. The number of benzene rings is 3. The first-order valence-electron chi connectivity index (χ1n) is 14.2. The van der Waals surface area contributed by atoms with E-state index in [1.54, 1.807) is 12.4 Å². The number of rotatable bonds is 3. The molecule has 3 amide bonds. The zero-order valence-corrected chi connectivity index (χ0v) is 23.3. The Hall–Kier alpha value is -5.57. The van der Waals surface area contributed by atoms with Gasteiger partial charge in [-0.15, -0.1) is 0 Å². The van der Waals surface area contributed by atoms with Crippen LogP contribution in [0.1, 0.15) is 45.5 Å². The van der Waals surface area contributed by atoms with E-state index >= 15 is 0 Å². The van der Waals surface area contributed by atoms with Crippen LogP contribution in [0.3, 0.4) is 0 Å². The average molecular weight is 566 g/mol. The highest BCUT2D eigenvalue weighted by Crippen LogP contribution is 2.47. The van der Waals surface area contributed by atoms with Crippen molar-refractivity contribution in [1.29, 1.82) is 0 Å². The molecular weight excluding hydrogens is 538 g/mol. The fourth-order valence-corrected chi connectivity index (χ4v) is 6.65. The highest BCUT2D eigenvalue weighted by Gasteiger charge is 2.51. The van der Waals surface area contributed by atoms with Gasteiger partial charge in [0.05, 0.1) is 16.8 Å². The van der Waals surface area contributed by atoms with Gasteiger partial charge in [-0.25, -0.2) is 14.8 Å². The highest BCUT2D eigenvalue weighted by molar-refractivity contribution is 6.15. The van der Waals surface area contributed by atoms with Gasteiger partial charge in [-0.2, -0.15) is 0 Å². The van der Waals surface area contributed by atoms with E-state index in [1.165, 1.54) is 0 Å². The van der Waals surface area contributed by atoms with Crippen LogP contribution in [0.15, 0.2) is 102 Å². The molecule has 1 aliphatic carbocycles. The van der Waals surface area contributed by atoms with Gasteiger partial charge in [0.1, 0.15) is 5.82 Å². The van der Waals surface area contributed by atoms with Crippen LogP contribution < -0.4 is 16.0 Å². The van der Waals surface area contributed by atoms with Crippen molar-refractivity contribution in [2.45, 2.75) is 31.3 Å². The van der Waals surface area contributed by atoms with Gasteiger partial charge in [0, 0.05) is 40.5 Å². The van der Waals surface area contributed by atoms with Crippen molar-refractivity contribution in [1.82, 2.24) is 19.9 Å². The predicted octanol–water partition coefficient (Wildman–Crippen LogP) is 5.24. The molecule has 3 aliphatic rings. The van der Waals surface area contributed by atoms with Gasteiger partial charge in [0.15, 0.2) is 12.0 Å². The molecule has 5 aromatic rings. The van der Waals surface area contributed by atoms with Gasteiger partial charge in [-0.3, -0.25) is 14.4 Å². The number of pyridine rings is 1. The van der Waals surface area contributed by atoms with Crippen LogP contribution >= 0.6 is 0 Å². The largest absolute Gasteiger partial charge is 0.321 e. The zero-order chi connectivity index (χ0) is 29.1. The number of fused-ring (bicyclic) bond motifs is 6. The number of aryl methyl sites for hydroxylation is 1. The number of urea groups is 1. The lowest BCUT2D eigenvalue weighted by Crippen LogP contribution is -2.35. The Bertz CT molecular complexity index is 1980. The molecule has 9 heteroatoms. The first-order valence-corrected chi connectivity index (χ1v) is 14.2. The van der Waals surface area contributed by atoms with Crippen LogP contribution in [0.5, 0.6) is 0 Å². The molecule has 43 heavy (non-hydrogen) atoms. The summed E-state index contributed by atoms with van der Waals surface area (Å²) in [6, 6.07) is 27.3. The minimum atomic E-state index is -0.736. The average Bonchev–Trinajstić information content (AvgIpc) is 3.65. The van der Waals surface area contributed by atoms with Crippen LogP contribution in [-0.4, -0.2) is 32.2 Å². The first kappa shape index (κ1) is 25.2. The van der Waals surface area contributed by atoms with E-state index < -0.39 is 17.6 Å². The number of hydrogen-bond donors (Lipinski definition) is 3. The summed E-state index contributed by atoms with van der Waals surface area (Å²) in [7, 11) is 0. The molecule has 0 fully saturated rings. The van der Waals surface area contributed by atoms with Gasteiger partial charge < -0.3 is 16.0 Å². The minimum Gasteiger partial charge on any atom is -0.310 e. The van der Waals surface area contributed by atoms with Gasteiger partial charge in [0.25, 0.3) is 0 Å². The molecule has 2 unspecified atom stereocenters. The molecular formula is C34H27N7O2. The van der Waals surface area contributed by atoms with Crippen molar-refractivity contribution >= 4 is 29.2 Å². The summed E-state index contributed by atoms with van der Waals surface area (Å²) in [6.45, 7) is 1.99. The number of hydrogen-bond acceptors (Lipinski definition) is 5. The molecule has 3 aromatic carbocycles. The molecule has 9 nitrogen and oxygen atoms in total. The number of para-hydroxylation sites is 1. The van der Waals surface area contributed by atoms with Gasteiger partial charge in [0.2, 0.25) is 5.91 Å². The summed E-state index contributed by atoms with van der Waals surface area (Å²) < 4.78 is 2.05. The Morgan fingerprint density at radius 2 is 1.77 bits per heavy atom. The lowest BCUT2D eigenvalue weighted by molar-refractivity contribution is -0.120. The molecule has 0 radical (unpaired) electrons. The fraction of sp³-hybridized carbons (Fsp3) is 0.147. The molecule has 0 saturated heterocycles. The van der Waals surface area contributed by atoms with E-state index in [0.29, 0.717) is 30.2 Å². The number of aromatic nitrogens is 3. The molecule has 210 valence electrons. The summed E-state index contributed by atoms with van der Waals surface area (Å²) in [6.07, 6.45) is 3.90. The van der Waals surface area contributed by atoms with Crippen LogP contribution in [0.2, 0.25) is 0 Å². The van der Waals surface area contributed by atoms with Crippen LogP contribution in [0.4, 0.5) is 16.3 Å². The van der Waals surface area contributed by atoms with E-state index in [-0.39, 0.29) is 5.91 Å². The van der Waals surface area contributed by atoms with E-state index in [0.717, 1.165) is 44.9 Å². The molecule has 0 bridgehead atoms. The summed E-state index contributed by atoms with van der Waals surface area (Å²) in [5.74, 6) is 1.23. The van der Waals surface area contributed by atoms with E-state index in [4.69, 9.17) is 4.99 Å². The van der Waals surface area contributed by atoms with Crippen molar-refractivity contribution in [2.24, 2.45) is 4.99 Å². The maximum absolute atomic E-state index is 13.5. The van der Waals surface area contributed by atoms with Gasteiger partial charge in [-0.05, 0) is 55.2 Å². The van der Waals surface area contributed by atoms with Crippen molar-refractivity contribution in [3.05, 3.63) is 137 Å². The highest BCUT2D eigenvalue weighted by atomic mass is 16.2. The van der Waals surface area contributed by atoms with Crippen molar-refractivity contribution in [3.63, 3.8) is 0 Å². The number of amides is 3. The molecule has 4 heterocycles. The maximum atomic E-state index is 13.5. The van der Waals surface area contributed by atoms with E-state index in [1.807, 2.05) is 96.4 Å². The zero-order valence-electron chi connectivity index (χ0n) is 23.3. The van der Waals surface area contributed by atoms with Crippen LogP contribution in [-0.2, 0) is 23.1 Å². The Labute approximate surface area is 247 Å². The number of aliphatic imine (C=N–C) groups is 1. The predicted molar refractivity (Wildman–Crippen MR) is 164 cm³/mol. The molecule has 2 atom stereocenters. The third-order valence-electron chi connectivity index (χ3n) is 8.62. The normalized spacial score (nSPS) is 19.4. The van der Waals surface area contributed by atoms with Gasteiger partial charge >= 0.3 is 6.03 Å². The second kappa shape index (κ2) is 9.49. The molecule has 0 saturated carbocycles. The van der Waals surface area contributed by atoms with Crippen LogP contribution in [0.25, 0.3) is 5.69 Å². The fourth-order valence-electron chi connectivity index (χ4n) is 6.65. The molecule has 8 rings (SSSR count). The third kappa shape index (κ3) is 3.96. The van der Waals surface area contributed by atoms with Crippen molar-refractivity contribution in [3.8, 4) is 5.69 Å². The molecule has 3 N–H and O–H groups in total. The standard InChI is InChI=1S/C34H27N7O2/c1-20-19-36-31-30(38-28(21-8-3-2-4-9-21)25-10-5-6-12-27(25)41(20)31)40-33(43)37-24-14-13-22-17-34(18-23(22)16-24)26-11-7-15-35-29(26)39-32(34)42/h2-16,19,30H,17-18H2,1H3,(H,35,39,42)(H2,37,40,43). The van der Waals surface area contributed by atoms with Gasteiger partial charge in [-0.1, -0.05) is 60.7 Å². The summed E-state index contributed by atoms with van der Waals surface area (Å²) in [5.41, 5.74) is 7.61. The molecule has 2 aliphatic heterocycles. The lowest BCUT2D eigenvalue weighted by Gasteiger charge is -2.20. The monoisotopic (exact) mass is 565 g/mol. The molecule has 2 aromatic heterocycles. The first-order chi connectivity index (χ1) is 21.0. The smallest absolute Gasteiger partial charge is 0.310 e. The Kier molecular flexibility index (Phi) is 5.55. The number of imidazole rings is 1. The summed E-state index contributed by atoms with van der Waals surface area (Å²) in [5, 5.41) is 8.99. The lowest BCUT2D eigenvalue weighted by atomic mass is 9.79. The Morgan fingerprint density at radius 3 is 2.65 bits per heavy atom. The Morgan fingerprint density at radius 1 is 0.953 bits per heavy atom. The number of nitrogens with one attached hydrogen (secondary N) is 3. The topological polar surface area (TPSA) is 113 Å². The van der Waals surface area contributed by atoms with Crippen LogP contribution in [0, 0.1) is 6.92 Å². The molecule has 1 spiro atoms. The number of carbonyl (C=O) groups excluding carboxylic acids is 2. The van der Waals surface area contributed by atoms with E-state index in [9.17, 15) is 9.59 Å². The summed E-state index contributed by atoms with van der Waals surface area (Å²) >= 11 is 0. The van der Waals surface area contributed by atoms with Crippen molar-refractivity contribution < 1.29 is 9.59 Å². The number of nitrogens with zero attached hydrogens (tertiary/aromatic N) is 4. The van der Waals surface area contributed by atoms with Crippen molar-refractivity contribution in [2.75, 3.05) is 10.6 Å². The Balaban J connectivity index is 1.09. The second-order valence-electron chi connectivity index (χ2n) is 11.2. The third-order valence-corrected chi connectivity index (χ3v) is 8.62. The maximum Gasteiger partial charge on any atom is 0.321 e. The SMILES string of the molecule is Cc1cnc2n1-c1ccccc1C(c1ccccc1)=NC2NC(=O)Nc1ccc2c(c1)CC1(C2)C(=O)Nc2ncccc21. The number of carbonyl (C=O) groups is 2. The second-order valence-corrected chi connectivity index (χ2v) is 11.2. The van der Waals surface area contributed by atoms with E-state index in [2.05, 4.69) is 25.9 Å². The summed E-state index contributed by atoms with van der Waals surface area (Å²) in [4.78, 5) is 40.7. The quantitative estimate of drug-likeness (QED) is 0.278. The minimum absolute atomic E-state index is 0.0307.